The predicted molar refractivity (Wildman–Crippen MR) is 84.7 cm³/mol. The SMILES string of the molecule is CCNCC(CC)(CC)CCOc1ccccc1OC. The summed E-state index contributed by atoms with van der Waals surface area (Å²) in [5.41, 5.74) is 0.331. The van der Waals surface area contributed by atoms with Crippen molar-refractivity contribution in [3.63, 3.8) is 0 Å². The van der Waals surface area contributed by atoms with E-state index in [1.807, 2.05) is 24.3 Å². The Hall–Kier alpha value is -1.22. The van der Waals surface area contributed by atoms with Crippen LogP contribution in [0.4, 0.5) is 0 Å². The number of ether oxygens (including phenoxy) is 2. The van der Waals surface area contributed by atoms with E-state index < -0.39 is 0 Å². The lowest BCUT2D eigenvalue weighted by molar-refractivity contribution is 0.173. The molecule has 3 heteroatoms. The third-order valence-corrected chi connectivity index (χ3v) is 4.21. The van der Waals surface area contributed by atoms with Gasteiger partial charge in [0, 0.05) is 6.54 Å². The Morgan fingerprint density at radius 1 is 1.05 bits per heavy atom. The molecule has 0 aliphatic carbocycles. The van der Waals surface area contributed by atoms with Crippen molar-refractivity contribution in [2.75, 3.05) is 26.8 Å². The normalized spacial score (nSPS) is 11.4. The van der Waals surface area contributed by atoms with Crippen molar-refractivity contribution in [2.24, 2.45) is 5.41 Å². The predicted octanol–water partition coefficient (Wildman–Crippen LogP) is 3.88. The molecule has 0 aromatic heterocycles. The average molecular weight is 279 g/mol. The second-order valence-corrected chi connectivity index (χ2v) is 5.24. The van der Waals surface area contributed by atoms with Crippen LogP contribution in [-0.2, 0) is 0 Å². The number of methoxy groups -OCH3 is 1. The standard InChI is InChI=1S/C17H29NO2/c1-5-17(6-2,14-18-7-3)12-13-20-16-11-9-8-10-15(16)19-4/h8-11,18H,5-7,12-14H2,1-4H3. The summed E-state index contributed by atoms with van der Waals surface area (Å²) in [7, 11) is 1.68. The smallest absolute Gasteiger partial charge is 0.161 e. The highest BCUT2D eigenvalue weighted by Gasteiger charge is 2.25. The van der Waals surface area contributed by atoms with Crippen LogP contribution in [-0.4, -0.2) is 26.8 Å². The minimum atomic E-state index is 0.331. The summed E-state index contributed by atoms with van der Waals surface area (Å²) in [4.78, 5) is 0. The van der Waals surface area contributed by atoms with E-state index in [1.165, 1.54) is 12.8 Å². The molecule has 0 atom stereocenters. The second-order valence-electron chi connectivity index (χ2n) is 5.24. The molecule has 1 aromatic rings. The van der Waals surface area contributed by atoms with Gasteiger partial charge in [-0.1, -0.05) is 32.9 Å². The summed E-state index contributed by atoms with van der Waals surface area (Å²) in [6.07, 6.45) is 3.41. The Morgan fingerprint density at radius 2 is 1.70 bits per heavy atom. The Kier molecular flexibility index (Phi) is 7.45. The zero-order chi connectivity index (χ0) is 14.8. The average Bonchev–Trinajstić information content (AvgIpc) is 2.51. The molecule has 0 heterocycles. The molecule has 20 heavy (non-hydrogen) atoms. The lowest BCUT2D eigenvalue weighted by atomic mass is 9.79. The van der Waals surface area contributed by atoms with Gasteiger partial charge < -0.3 is 14.8 Å². The molecule has 3 nitrogen and oxygen atoms in total. The van der Waals surface area contributed by atoms with Gasteiger partial charge in [-0.2, -0.15) is 0 Å². The molecule has 0 aliphatic rings. The number of hydrogen-bond donors (Lipinski definition) is 1. The maximum Gasteiger partial charge on any atom is 0.161 e. The van der Waals surface area contributed by atoms with Gasteiger partial charge in [-0.25, -0.2) is 0 Å². The van der Waals surface area contributed by atoms with Crippen LogP contribution in [0, 0.1) is 5.41 Å². The molecule has 0 saturated carbocycles. The van der Waals surface area contributed by atoms with Crippen molar-refractivity contribution >= 4 is 0 Å². The third-order valence-electron chi connectivity index (χ3n) is 4.21. The molecule has 114 valence electrons. The van der Waals surface area contributed by atoms with Gasteiger partial charge in [0.25, 0.3) is 0 Å². The van der Waals surface area contributed by atoms with E-state index in [1.54, 1.807) is 7.11 Å². The fourth-order valence-electron chi connectivity index (χ4n) is 2.45. The highest BCUT2D eigenvalue weighted by molar-refractivity contribution is 5.39. The van der Waals surface area contributed by atoms with Gasteiger partial charge in [-0.3, -0.25) is 0 Å². The minimum absolute atomic E-state index is 0.331. The lowest BCUT2D eigenvalue weighted by Crippen LogP contribution is -2.34. The molecule has 0 fully saturated rings. The van der Waals surface area contributed by atoms with Crippen molar-refractivity contribution in [3.05, 3.63) is 24.3 Å². The van der Waals surface area contributed by atoms with Crippen LogP contribution in [0.15, 0.2) is 24.3 Å². The van der Waals surface area contributed by atoms with Gasteiger partial charge in [0.1, 0.15) is 0 Å². The van der Waals surface area contributed by atoms with Crippen LogP contribution in [0.1, 0.15) is 40.0 Å². The summed E-state index contributed by atoms with van der Waals surface area (Å²) in [5, 5.41) is 3.48. The number of nitrogens with one attached hydrogen (secondary N) is 1. The van der Waals surface area contributed by atoms with Crippen LogP contribution in [0.3, 0.4) is 0 Å². The first kappa shape index (κ1) is 16.8. The van der Waals surface area contributed by atoms with E-state index in [4.69, 9.17) is 9.47 Å². The Bertz CT molecular complexity index is 375. The fourth-order valence-corrected chi connectivity index (χ4v) is 2.45. The number of para-hydroxylation sites is 2. The second kappa shape index (κ2) is 8.85. The summed E-state index contributed by atoms with van der Waals surface area (Å²) >= 11 is 0. The highest BCUT2D eigenvalue weighted by atomic mass is 16.5. The van der Waals surface area contributed by atoms with Gasteiger partial charge in [-0.15, -0.1) is 0 Å². The van der Waals surface area contributed by atoms with Gasteiger partial charge in [0.15, 0.2) is 11.5 Å². The van der Waals surface area contributed by atoms with Crippen molar-refractivity contribution in [1.82, 2.24) is 5.32 Å². The molecule has 0 aliphatic heterocycles. The molecule has 0 amide bonds. The molecule has 0 unspecified atom stereocenters. The van der Waals surface area contributed by atoms with Gasteiger partial charge in [0.2, 0.25) is 0 Å². The topological polar surface area (TPSA) is 30.5 Å². The summed E-state index contributed by atoms with van der Waals surface area (Å²) in [5.74, 6) is 1.64. The van der Waals surface area contributed by atoms with Crippen LogP contribution in [0.25, 0.3) is 0 Å². The number of rotatable bonds is 10. The van der Waals surface area contributed by atoms with Crippen molar-refractivity contribution in [2.45, 2.75) is 40.0 Å². The van der Waals surface area contributed by atoms with Gasteiger partial charge in [-0.05, 0) is 43.4 Å². The fraction of sp³-hybridized carbons (Fsp3) is 0.647. The van der Waals surface area contributed by atoms with E-state index in [0.717, 1.165) is 37.6 Å². The van der Waals surface area contributed by atoms with Gasteiger partial charge in [0.05, 0.1) is 13.7 Å². The van der Waals surface area contributed by atoms with Crippen molar-refractivity contribution in [3.8, 4) is 11.5 Å². The zero-order valence-corrected chi connectivity index (χ0v) is 13.4. The van der Waals surface area contributed by atoms with Crippen LogP contribution in [0.2, 0.25) is 0 Å². The molecule has 0 radical (unpaired) electrons. The Balaban J connectivity index is 2.55. The first-order valence-corrected chi connectivity index (χ1v) is 7.68. The molecule has 0 saturated heterocycles. The largest absolute Gasteiger partial charge is 0.493 e. The van der Waals surface area contributed by atoms with Crippen molar-refractivity contribution < 1.29 is 9.47 Å². The molecule has 0 spiro atoms. The molecular formula is C17H29NO2. The van der Waals surface area contributed by atoms with E-state index in [9.17, 15) is 0 Å². The van der Waals surface area contributed by atoms with E-state index >= 15 is 0 Å². The lowest BCUT2D eigenvalue weighted by Gasteiger charge is -2.32. The molecule has 0 bridgehead atoms. The monoisotopic (exact) mass is 279 g/mol. The summed E-state index contributed by atoms with van der Waals surface area (Å²) in [6.45, 7) is 9.50. The van der Waals surface area contributed by atoms with E-state index in [-0.39, 0.29) is 0 Å². The first-order chi connectivity index (χ1) is 9.71. The maximum atomic E-state index is 5.91. The number of benzene rings is 1. The molecule has 1 rings (SSSR count). The van der Waals surface area contributed by atoms with E-state index in [0.29, 0.717) is 5.41 Å². The zero-order valence-electron chi connectivity index (χ0n) is 13.4. The quantitative estimate of drug-likeness (QED) is 0.705. The molecular weight excluding hydrogens is 250 g/mol. The van der Waals surface area contributed by atoms with Gasteiger partial charge >= 0.3 is 0 Å². The highest BCUT2D eigenvalue weighted by Crippen LogP contribution is 2.31. The first-order valence-electron chi connectivity index (χ1n) is 7.68. The third kappa shape index (κ3) is 4.71. The molecule has 1 N–H and O–H groups in total. The van der Waals surface area contributed by atoms with Crippen molar-refractivity contribution in [1.29, 1.82) is 0 Å². The maximum absolute atomic E-state index is 5.91. The number of hydrogen-bond acceptors (Lipinski definition) is 3. The Labute approximate surface area is 123 Å². The molecule has 1 aromatic carbocycles. The van der Waals surface area contributed by atoms with Crippen LogP contribution >= 0.6 is 0 Å². The summed E-state index contributed by atoms with van der Waals surface area (Å²) < 4.78 is 11.2. The Morgan fingerprint density at radius 3 is 2.25 bits per heavy atom. The summed E-state index contributed by atoms with van der Waals surface area (Å²) in [6, 6.07) is 7.83. The van der Waals surface area contributed by atoms with E-state index in [2.05, 4.69) is 26.1 Å². The van der Waals surface area contributed by atoms with Crippen LogP contribution < -0.4 is 14.8 Å². The van der Waals surface area contributed by atoms with Crippen LogP contribution in [0.5, 0.6) is 11.5 Å². The minimum Gasteiger partial charge on any atom is -0.493 e.